The van der Waals surface area contributed by atoms with Crippen LogP contribution in [0.5, 0.6) is 0 Å². The molecule has 8 heteroatoms. The molecule has 0 radical (unpaired) electrons. The van der Waals surface area contributed by atoms with Crippen molar-refractivity contribution in [2.45, 2.75) is 19.8 Å². The lowest BCUT2D eigenvalue weighted by atomic mass is 9.99. The second kappa shape index (κ2) is 8.79. The van der Waals surface area contributed by atoms with Gasteiger partial charge in [-0.05, 0) is 49.2 Å². The highest BCUT2D eigenvalue weighted by Crippen LogP contribution is 2.22. The molecule has 2 N–H and O–H groups in total. The number of aromatic nitrogens is 1. The molecule has 0 aliphatic rings. The first-order valence-corrected chi connectivity index (χ1v) is 8.78. The van der Waals surface area contributed by atoms with Crippen LogP contribution in [0.1, 0.15) is 17.0 Å². The number of aliphatic hydroxyl groups excluding tert-OH is 1. The quantitative estimate of drug-likeness (QED) is 0.617. The van der Waals surface area contributed by atoms with Gasteiger partial charge in [0.2, 0.25) is 5.91 Å². The van der Waals surface area contributed by atoms with Gasteiger partial charge in [0.25, 0.3) is 5.89 Å². The van der Waals surface area contributed by atoms with E-state index in [4.69, 9.17) is 8.83 Å². The van der Waals surface area contributed by atoms with E-state index >= 15 is 0 Å². The SMILES string of the molecule is Cc1oc(-c2ccco2)nc1CC(=O)NC[C@H](CO)Cc1cc(F)ccc1F. The van der Waals surface area contributed by atoms with E-state index in [2.05, 4.69) is 10.3 Å². The van der Waals surface area contributed by atoms with Crippen molar-refractivity contribution in [3.8, 4) is 11.7 Å². The second-order valence-corrected chi connectivity index (χ2v) is 6.47. The van der Waals surface area contributed by atoms with E-state index in [0.717, 1.165) is 18.2 Å². The van der Waals surface area contributed by atoms with Crippen LogP contribution in [0.3, 0.4) is 0 Å². The Bertz CT molecular complexity index is 938. The predicted molar refractivity (Wildman–Crippen MR) is 96.3 cm³/mol. The first-order chi connectivity index (χ1) is 13.5. The molecule has 0 bridgehead atoms. The van der Waals surface area contributed by atoms with E-state index in [1.807, 2.05) is 0 Å². The minimum absolute atomic E-state index is 0.0114. The lowest BCUT2D eigenvalue weighted by Gasteiger charge is -2.15. The molecule has 0 unspecified atom stereocenters. The number of nitrogens with one attached hydrogen (secondary N) is 1. The van der Waals surface area contributed by atoms with E-state index in [-0.39, 0.29) is 37.5 Å². The lowest BCUT2D eigenvalue weighted by molar-refractivity contribution is -0.120. The van der Waals surface area contributed by atoms with E-state index in [0.29, 0.717) is 23.1 Å². The highest BCUT2D eigenvalue weighted by Gasteiger charge is 2.18. The number of carbonyl (C=O) groups excluding carboxylic acids is 1. The maximum Gasteiger partial charge on any atom is 0.263 e. The normalized spacial score (nSPS) is 12.1. The smallest absolute Gasteiger partial charge is 0.263 e. The maximum absolute atomic E-state index is 13.8. The molecule has 0 aliphatic carbocycles. The molecule has 2 heterocycles. The second-order valence-electron chi connectivity index (χ2n) is 6.47. The molecule has 1 amide bonds. The summed E-state index contributed by atoms with van der Waals surface area (Å²) in [5.74, 6) is -0.604. The number of nitrogens with zero attached hydrogens (tertiary/aromatic N) is 1. The van der Waals surface area contributed by atoms with Gasteiger partial charge in [-0.3, -0.25) is 4.79 Å². The molecule has 0 saturated heterocycles. The molecule has 0 spiro atoms. The Morgan fingerprint density at radius 1 is 1.32 bits per heavy atom. The predicted octanol–water partition coefficient (Wildman–Crippen LogP) is 3.03. The van der Waals surface area contributed by atoms with Gasteiger partial charge in [-0.2, -0.15) is 0 Å². The summed E-state index contributed by atoms with van der Waals surface area (Å²) in [4.78, 5) is 16.5. The first kappa shape index (κ1) is 19.8. The number of aliphatic hydroxyl groups is 1. The van der Waals surface area contributed by atoms with Gasteiger partial charge in [0.1, 0.15) is 17.4 Å². The Kier molecular flexibility index (Phi) is 6.20. The molecule has 28 heavy (non-hydrogen) atoms. The van der Waals surface area contributed by atoms with Gasteiger partial charge in [-0.1, -0.05) is 0 Å². The third kappa shape index (κ3) is 4.83. The number of hydrogen-bond acceptors (Lipinski definition) is 5. The molecule has 2 aromatic heterocycles. The zero-order valence-corrected chi connectivity index (χ0v) is 15.2. The van der Waals surface area contributed by atoms with Crippen LogP contribution in [0, 0.1) is 24.5 Å². The summed E-state index contributed by atoms with van der Waals surface area (Å²) >= 11 is 0. The molecule has 0 saturated carbocycles. The summed E-state index contributed by atoms with van der Waals surface area (Å²) < 4.78 is 37.8. The van der Waals surface area contributed by atoms with Crippen molar-refractivity contribution in [3.63, 3.8) is 0 Å². The number of furan rings is 1. The van der Waals surface area contributed by atoms with Gasteiger partial charge < -0.3 is 19.3 Å². The third-order valence-electron chi connectivity index (χ3n) is 4.32. The number of hydrogen-bond donors (Lipinski definition) is 2. The molecule has 3 aromatic rings. The van der Waals surface area contributed by atoms with Crippen molar-refractivity contribution in [3.05, 3.63) is 65.2 Å². The van der Waals surface area contributed by atoms with Crippen LogP contribution in [0.4, 0.5) is 8.78 Å². The third-order valence-corrected chi connectivity index (χ3v) is 4.32. The van der Waals surface area contributed by atoms with Crippen molar-refractivity contribution in [2.75, 3.05) is 13.2 Å². The highest BCUT2D eigenvalue weighted by atomic mass is 19.1. The average Bonchev–Trinajstić information content (AvgIpc) is 3.32. The molecule has 1 atom stereocenters. The molecular weight excluding hydrogens is 370 g/mol. The Labute approximate surface area is 160 Å². The zero-order chi connectivity index (χ0) is 20.1. The van der Waals surface area contributed by atoms with Crippen LogP contribution >= 0.6 is 0 Å². The molecule has 148 valence electrons. The van der Waals surface area contributed by atoms with Gasteiger partial charge >= 0.3 is 0 Å². The average molecular weight is 390 g/mol. The molecular formula is C20H20F2N2O4. The van der Waals surface area contributed by atoms with E-state index in [1.165, 1.54) is 6.26 Å². The molecule has 6 nitrogen and oxygen atoms in total. The van der Waals surface area contributed by atoms with E-state index < -0.39 is 17.6 Å². The largest absolute Gasteiger partial charge is 0.459 e. The van der Waals surface area contributed by atoms with Gasteiger partial charge in [0.15, 0.2) is 5.76 Å². The summed E-state index contributed by atoms with van der Waals surface area (Å²) in [6.45, 7) is 1.54. The Morgan fingerprint density at radius 2 is 2.14 bits per heavy atom. The summed E-state index contributed by atoms with van der Waals surface area (Å²) in [5, 5.41) is 12.2. The van der Waals surface area contributed by atoms with Crippen LogP contribution in [-0.4, -0.2) is 29.1 Å². The summed E-state index contributed by atoms with van der Waals surface area (Å²) in [7, 11) is 0. The molecule has 3 rings (SSSR count). The van der Waals surface area contributed by atoms with Gasteiger partial charge in [0.05, 0.1) is 18.4 Å². The number of rotatable bonds is 8. The number of benzene rings is 1. The topological polar surface area (TPSA) is 88.5 Å². The summed E-state index contributed by atoms with van der Waals surface area (Å²) in [5.41, 5.74) is 0.629. The fourth-order valence-corrected chi connectivity index (χ4v) is 2.78. The first-order valence-electron chi connectivity index (χ1n) is 8.78. The Balaban J connectivity index is 1.56. The van der Waals surface area contributed by atoms with E-state index in [1.54, 1.807) is 19.1 Å². The fraction of sp³-hybridized carbons (Fsp3) is 0.300. The van der Waals surface area contributed by atoms with Gasteiger partial charge in [-0.25, -0.2) is 13.8 Å². The molecule has 0 aliphatic heterocycles. The molecule has 0 fully saturated rings. The summed E-state index contributed by atoms with van der Waals surface area (Å²) in [6.07, 6.45) is 1.59. The maximum atomic E-state index is 13.8. The Morgan fingerprint density at radius 3 is 2.86 bits per heavy atom. The summed E-state index contributed by atoms with van der Waals surface area (Å²) in [6, 6.07) is 6.58. The minimum Gasteiger partial charge on any atom is -0.459 e. The van der Waals surface area contributed by atoms with Crippen molar-refractivity contribution < 1.29 is 27.5 Å². The monoisotopic (exact) mass is 390 g/mol. The molecule has 1 aromatic carbocycles. The van der Waals surface area contributed by atoms with Crippen LogP contribution in [0.15, 0.2) is 45.4 Å². The number of carbonyl (C=O) groups is 1. The van der Waals surface area contributed by atoms with Crippen LogP contribution in [-0.2, 0) is 17.6 Å². The van der Waals surface area contributed by atoms with E-state index in [9.17, 15) is 18.7 Å². The van der Waals surface area contributed by atoms with Gasteiger partial charge in [0, 0.05) is 19.1 Å². The van der Waals surface area contributed by atoms with Crippen molar-refractivity contribution >= 4 is 5.91 Å². The highest BCUT2D eigenvalue weighted by molar-refractivity contribution is 5.78. The van der Waals surface area contributed by atoms with Crippen molar-refractivity contribution in [2.24, 2.45) is 5.92 Å². The lowest BCUT2D eigenvalue weighted by Crippen LogP contribution is -2.33. The fourth-order valence-electron chi connectivity index (χ4n) is 2.78. The number of halogens is 2. The standard InChI is InChI=1S/C20H20F2N2O4/c1-12-17(24-20(28-12)18-3-2-6-27-18)9-19(26)23-10-13(11-25)7-14-8-15(21)4-5-16(14)22/h2-6,8,13,25H,7,9-11H2,1H3,(H,23,26)/t13-/m1/s1. The van der Waals surface area contributed by atoms with Crippen LogP contribution in [0.25, 0.3) is 11.7 Å². The van der Waals surface area contributed by atoms with Crippen molar-refractivity contribution in [1.82, 2.24) is 10.3 Å². The van der Waals surface area contributed by atoms with Gasteiger partial charge in [-0.15, -0.1) is 0 Å². The van der Waals surface area contributed by atoms with Crippen molar-refractivity contribution in [1.29, 1.82) is 0 Å². The van der Waals surface area contributed by atoms with Crippen LogP contribution in [0.2, 0.25) is 0 Å². The Hall–Kier alpha value is -3.00. The zero-order valence-electron chi connectivity index (χ0n) is 15.2. The van der Waals surface area contributed by atoms with Crippen LogP contribution < -0.4 is 5.32 Å². The number of oxazole rings is 1. The number of amides is 1. The number of aryl methyl sites for hydroxylation is 1. The minimum atomic E-state index is -0.550.